The predicted octanol–water partition coefficient (Wildman–Crippen LogP) is -0.635. The first kappa shape index (κ1) is 13.3. The number of amides is 2. The molecule has 0 aliphatic carbocycles. The lowest BCUT2D eigenvalue weighted by atomic mass is 9.95. The fourth-order valence-electron chi connectivity index (χ4n) is 2.01. The molecule has 2 rings (SSSR count). The van der Waals surface area contributed by atoms with Crippen LogP contribution >= 0.6 is 12.4 Å². The van der Waals surface area contributed by atoms with E-state index in [2.05, 4.69) is 10.6 Å². The van der Waals surface area contributed by atoms with Gasteiger partial charge in [-0.2, -0.15) is 0 Å². The molecule has 2 saturated heterocycles. The van der Waals surface area contributed by atoms with E-state index in [1.165, 1.54) is 0 Å². The molecule has 92 valence electrons. The molecule has 2 fully saturated rings. The molecule has 1 unspecified atom stereocenters. The van der Waals surface area contributed by atoms with Gasteiger partial charge in [-0.05, 0) is 6.42 Å². The zero-order valence-corrected chi connectivity index (χ0v) is 10.2. The van der Waals surface area contributed by atoms with E-state index in [4.69, 9.17) is 0 Å². The van der Waals surface area contributed by atoms with Crippen LogP contribution in [0.5, 0.6) is 0 Å². The first-order chi connectivity index (χ1) is 7.18. The molecule has 2 amide bonds. The molecule has 2 heterocycles. The summed E-state index contributed by atoms with van der Waals surface area (Å²) in [5.41, 5.74) is 0. The topological polar surface area (TPSA) is 61.4 Å². The third kappa shape index (κ3) is 2.65. The summed E-state index contributed by atoms with van der Waals surface area (Å²) in [5, 5.41) is 5.88. The summed E-state index contributed by atoms with van der Waals surface area (Å²) >= 11 is 0. The van der Waals surface area contributed by atoms with Gasteiger partial charge in [0.15, 0.2) is 0 Å². The Labute approximate surface area is 101 Å². The third-order valence-corrected chi connectivity index (χ3v) is 3.25. The molecule has 2 aliphatic rings. The molecule has 6 heteroatoms. The highest BCUT2D eigenvalue weighted by Crippen LogP contribution is 2.17. The van der Waals surface area contributed by atoms with E-state index >= 15 is 0 Å². The van der Waals surface area contributed by atoms with Gasteiger partial charge < -0.3 is 15.5 Å². The van der Waals surface area contributed by atoms with Crippen molar-refractivity contribution in [1.29, 1.82) is 0 Å². The van der Waals surface area contributed by atoms with Crippen molar-refractivity contribution in [3.8, 4) is 0 Å². The van der Waals surface area contributed by atoms with Crippen LogP contribution in [0, 0.1) is 5.92 Å². The fraction of sp³-hybridized carbons (Fsp3) is 0.800. The standard InChI is InChI=1S/C10H17N3O2.ClH/c1-13(8-5-11-6-8)10(15)7-2-3-12-9(14)4-7;/h7-8,11H,2-6H2,1H3,(H,12,14);1H. The zero-order chi connectivity index (χ0) is 10.8. The van der Waals surface area contributed by atoms with Gasteiger partial charge in [-0.1, -0.05) is 0 Å². The number of nitrogens with zero attached hydrogens (tertiary/aromatic N) is 1. The third-order valence-electron chi connectivity index (χ3n) is 3.25. The van der Waals surface area contributed by atoms with Crippen LogP contribution in [0.2, 0.25) is 0 Å². The molecule has 0 bridgehead atoms. The highest BCUT2D eigenvalue weighted by Gasteiger charge is 2.32. The van der Waals surface area contributed by atoms with Gasteiger partial charge in [-0.3, -0.25) is 9.59 Å². The van der Waals surface area contributed by atoms with Crippen LogP contribution in [0.25, 0.3) is 0 Å². The van der Waals surface area contributed by atoms with Gasteiger partial charge >= 0.3 is 0 Å². The van der Waals surface area contributed by atoms with Crippen LogP contribution in [0.3, 0.4) is 0 Å². The Bertz CT molecular complexity index is 281. The molecule has 0 aromatic carbocycles. The summed E-state index contributed by atoms with van der Waals surface area (Å²) in [7, 11) is 1.83. The minimum absolute atomic E-state index is 0. The Morgan fingerprint density at radius 3 is 2.62 bits per heavy atom. The maximum Gasteiger partial charge on any atom is 0.226 e. The lowest BCUT2D eigenvalue weighted by Gasteiger charge is -2.38. The summed E-state index contributed by atoms with van der Waals surface area (Å²) < 4.78 is 0. The monoisotopic (exact) mass is 247 g/mol. The van der Waals surface area contributed by atoms with Crippen LogP contribution < -0.4 is 10.6 Å². The number of piperidine rings is 1. The Morgan fingerprint density at radius 2 is 2.12 bits per heavy atom. The van der Waals surface area contributed by atoms with E-state index in [9.17, 15) is 9.59 Å². The van der Waals surface area contributed by atoms with Crippen LogP contribution in [0.1, 0.15) is 12.8 Å². The average Bonchev–Trinajstić information content (AvgIpc) is 2.14. The summed E-state index contributed by atoms with van der Waals surface area (Å²) in [6.45, 7) is 2.38. The molecule has 0 spiro atoms. The number of carbonyl (C=O) groups is 2. The lowest BCUT2D eigenvalue weighted by Crippen LogP contribution is -2.59. The number of carbonyl (C=O) groups excluding carboxylic acids is 2. The Balaban J connectivity index is 0.00000128. The van der Waals surface area contributed by atoms with Crippen molar-refractivity contribution in [3.05, 3.63) is 0 Å². The number of hydrogen-bond donors (Lipinski definition) is 2. The lowest BCUT2D eigenvalue weighted by molar-refractivity contribution is -0.141. The molecular weight excluding hydrogens is 230 g/mol. The smallest absolute Gasteiger partial charge is 0.226 e. The van der Waals surface area contributed by atoms with Crippen molar-refractivity contribution in [3.63, 3.8) is 0 Å². The first-order valence-corrected chi connectivity index (χ1v) is 5.42. The second-order valence-electron chi connectivity index (χ2n) is 4.30. The minimum atomic E-state index is -0.107. The summed E-state index contributed by atoms with van der Waals surface area (Å²) in [5.74, 6) is 0.0143. The van der Waals surface area contributed by atoms with E-state index in [1.54, 1.807) is 4.90 Å². The van der Waals surface area contributed by atoms with E-state index in [0.29, 0.717) is 19.0 Å². The quantitative estimate of drug-likeness (QED) is 0.683. The number of halogens is 1. The van der Waals surface area contributed by atoms with E-state index in [-0.39, 0.29) is 30.1 Å². The van der Waals surface area contributed by atoms with Crippen molar-refractivity contribution in [1.82, 2.24) is 15.5 Å². The second kappa shape index (κ2) is 5.50. The largest absolute Gasteiger partial charge is 0.356 e. The Kier molecular flexibility index (Phi) is 4.56. The van der Waals surface area contributed by atoms with E-state index in [0.717, 1.165) is 19.5 Å². The fourth-order valence-corrected chi connectivity index (χ4v) is 2.01. The first-order valence-electron chi connectivity index (χ1n) is 5.42. The normalized spacial score (nSPS) is 25.1. The second-order valence-corrected chi connectivity index (χ2v) is 4.30. The molecule has 0 aromatic rings. The number of nitrogens with one attached hydrogen (secondary N) is 2. The number of likely N-dealkylation sites (N-methyl/N-ethyl adjacent to an activating group) is 1. The molecule has 0 aromatic heterocycles. The molecule has 5 nitrogen and oxygen atoms in total. The molecule has 0 radical (unpaired) electrons. The van der Waals surface area contributed by atoms with Gasteiger partial charge in [0.25, 0.3) is 0 Å². The van der Waals surface area contributed by atoms with Crippen molar-refractivity contribution >= 4 is 24.2 Å². The van der Waals surface area contributed by atoms with Crippen LogP contribution in [0.15, 0.2) is 0 Å². The van der Waals surface area contributed by atoms with Crippen LogP contribution in [-0.2, 0) is 9.59 Å². The molecule has 2 aliphatic heterocycles. The maximum atomic E-state index is 12.0. The maximum absolute atomic E-state index is 12.0. The number of rotatable bonds is 2. The number of hydrogen-bond acceptors (Lipinski definition) is 3. The molecule has 2 N–H and O–H groups in total. The van der Waals surface area contributed by atoms with Crippen LogP contribution in [-0.4, -0.2) is 49.4 Å². The average molecular weight is 248 g/mol. The SMILES string of the molecule is CN(C(=O)C1CCNC(=O)C1)C1CNC1.Cl. The predicted molar refractivity (Wildman–Crippen MR) is 62.4 cm³/mol. The highest BCUT2D eigenvalue weighted by molar-refractivity contribution is 5.87. The van der Waals surface area contributed by atoms with E-state index < -0.39 is 0 Å². The molecular formula is C10H18ClN3O2. The van der Waals surface area contributed by atoms with Gasteiger partial charge in [0.1, 0.15) is 0 Å². The molecule has 16 heavy (non-hydrogen) atoms. The molecule has 1 atom stereocenters. The zero-order valence-electron chi connectivity index (χ0n) is 9.36. The van der Waals surface area contributed by atoms with Crippen molar-refractivity contribution in [2.45, 2.75) is 18.9 Å². The summed E-state index contributed by atoms with van der Waals surface area (Å²) in [6.07, 6.45) is 1.12. The molecule has 0 saturated carbocycles. The van der Waals surface area contributed by atoms with Crippen molar-refractivity contribution in [2.75, 3.05) is 26.7 Å². The van der Waals surface area contributed by atoms with Crippen LogP contribution in [0.4, 0.5) is 0 Å². The Morgan fingerprint density at radius 1 is 1.44 bits per heavy atom. The van der Waals surface area contributed by atoms with Gasteiger partial charge in [0, 0.05) is 39.0 Å². The van der Waals surface area contributed by atoms with Gasteiger partial charge in [-0.25, -0.2) is 0 Å². The Hall–Kier alpha value is -0.810. The summed E-state index contributed by atoms with van der Waals surface area (Å²) in [6, 6.07) is 0.322. The highest BCUT2D eigenvalue weighted by atomic mass is 35.5. The minimum Gasteiger partial charge on any atom is -0.356 e. The summed E-state index contributed by atoms with van der Waals surface area (Å²) in [4.78, 5) is 24.9. The van der Waals surface area contributed by atoms with Gasteiger partial charge in [0.2, 0.25) is 11.8 Å². The van der Waals surface area contributed by atoms with Crippen molar-refractivity contribution in [2.24, 2.45) is 5.92 Å². The van der Waals surface area contributed by atoms with Crippen molar-refractivity contribution < 1.29 is 9.59 Å². The van der Waals surface area contributed by atoms with Gasteiger partial charge in [0.05, 0.1) is 6.04 Å². The van der Waals surface area contributed by atoms with Gasteiger partial charge in [-0.15, -0.1) is 12.4 Å². The van der Waals surface area contributed by atoms with E-state index in [1.807, 2.05) is 7.05 Å².